The second kappa shape index (κ2) is 9.57. The number of carbonyl (C=O) groups is 2. The minimum atomic E-state index is -4.42. The van der Waals surface area contributed by atoms with Crippen molar-refractivity contribution in [2.24, 2.45) is 0 Å². The molecule has 1 fully saturated rings. The molecule has 1 aliphatic heterocycles. The Morgan fingerprint density at radius 3 is 2.35 bits per heavy atom. The van der Waals surface area contributed by atoms with Crippen LogP contribution in [-0.4, -0.2) is 48.2 Å². The lowest BCUT2D eigenvalue weighted by Crippen LogP contribution is -2.50. The lowest BCUT2D eigenvalue weighted by Gasteiger charge is -2.26. The molecule has 166 valence electrons. The van der Waals surface area contributed by atoms with E-state index in [1.165, 1.54) is 21.9 Å². The quantitative estimate of drug-likeness (QED) is 0.744. The number of hydrogen-bond acceptors (Lipinski definition) is 3. The molecule has 0 aromatic heterocycles. The van der Waals surface area contributed by atoms with Gasteiger partial charge < -0.3 is 15.0 Å². The summed E-state index contributed by atoms with van der Waals surface area (Å²) in [6, 6.07) is 10.3. The highest BCUT2D eigenvalue weighted by Gasteiger charge is 2.36. The molecule has 0 bridgehead atoms. The van der Waals surface area contributed by atoms with Crippen LogP contribution in [0.4, 0.5) is 18.0 Å². The van der Waals surface area contributed by atoms with Crippen molar-refractivity contribution in [1.29, 1.82) is 0 Å². The van der Waals surface area contributed by atoms with Crippen molar-refractivity contribution < 1.29 is 27.5 Å². The summed E-state index contributed by atoms with van der Waals surface area (Å²) in [7, 11) is 1.63. The van der Waals surface area contributed by atoms with Crippen LogP contribution in [-0.2, 0) is 28.8 Å². The van der Waals surface area contributed by atoms with Crippen LogP contribution < -0.4 is 5.32 Å². The average Bonchev–Trinajstić information content (AvgIpc) is 3.22. The van der Waals surface area contributed by atoms with E-state index < -0.39 is 23.8 Å². The highest BCUT2D eigenvalue weighted by molar-refractivity contribution is 6.30. The van der Waals surface area contributed by atoms with Gasteiger partial charge in [0.25, 0.3) is 0 Å². The van der Waals surface area contributed by atoms with Gasteiger partial charge in [-0.05, 0) is 35.4 Å². The van der Waals surface area contributed by atoms with Crippen molar-refractivity contribution in [3.63, 3.8) is 0 Å². The normalized spacial score (nSPS) is 16.3. The Bertz CT molecular complexity index is 920. The van der Waals surface area contributed by atoms with Crippen molar-refractivity contribution in [3.8, 4) is 0 Å². The molecule has 2 aromatic carbocycles. The number of benzene rings is 2. The minimum Gasteiger partial charge on any atom is -0.358 e. The molecule has 1 N–H and O–H groups in total. The predicted molar refractivity (Wildman–Crippen MR) is 108 cm³/mol. The molecule has 0 spiro atoms. The summed E-state index contributed by atoms with van der Waals surface area (Å²) in [5.41, 5.74) is 0.631. The van der Waals surface area contributed by atoms with Gasteiger partial charge in [0.15, 0.2) is 0 Å². The Hall–Kier alpha value is -2.78. The van der Waals surface area contributed by atoms with E-state index in [9.17, 15) is 22.8 Å². The number of likely N-dealkylation sites (N-methyl/N-ethyl adjacent to an activating group) is 1. The zero-order valence-corrected chi connectivity index (χ0v) is 17.4. The maximum Gasteiger partial charge on any atom is 0.416 e. The van der Waals surface area contributed by atoms with E-state index in [1.54, 1.807) is 19.2 Å². The summed E-state index contributed by atoms with van der Waals surface area (Å²) < 4.78 is 43.2. The molecular formula is C21H21ClF3N3O3. The minimum absolute atomic E-state index is 0.0228. The van der Waals surface area contributed by atoms with Gasteiger partial charge in [-0.25, -0.2) is 4.79 Å². The van der Waals surface area contributed by atoms with Crippen LogP contribution >= 0.6 is 11.6 Å². The number of carbonyl (C=O) groups excluding carboxylic acids is 2. The Morgan fingerprint density at radius 2 is 1.74 bits per heavy atom. The maximum absolute atomic E-state index is 12.8. The van der Waals surface area contributed by atoms with E-state index in [-0.39, 0.29) is 25.8 Å². The van der Waals surface area contributed by atoms with Crippen LogP contribution in [0, 0.1) is 0 Å². The van der Waals surface area contributed by atoms with Gasteiger partial charge in [-0.3, -0.25) is 9.69 Å². The number of nitrogens with zero attached hydrogens (tertiary/aromatic N) is 2. The van der Waals surface area contributed by atoms with E-state index in [0.29, 0.717) is 17.1 Å². The third-order valence-electron chi connectivity index (χ3n) is 4.86. The molecule has 2 aromatic rings. The summed E-state index contributed by atoms with van der Waals surface area (Å²) in [6.45, 7) is 0.379. The SMILES string of the molecule is CN(Cc1ccc(Cl)cc1)C(=O)[C@H]1COCN1C(=O)NCc1ccc(C(F)(F)F)cc1. The number of urea groups is 1. The average molecular weight is 456 g/mol. The Balaban J connectivity index is 1.56. The van der Waals surface area contributed by atoms with Gasteiger partial charge in [-0.15, -0.1) is 0 Å². The molecule has 31 heavy (non-hydrogen) atoms. The number of rotatable bonds is 5. The van der Waals surface area contributed by atoms with Crippen LogP contribution in [0.1, 0.15) is 16.7 Å². The van der Waals surface area contributed by atoms with Crippen molar-refractivity contribution in [2.45, 2.75) is 25.3 Å². The van der Waals surface area contributed by atoms with E-state index in [0.717, 1.165) is 17.7 Å². The molecule has 0 saturated carbocycles. The Morgan fingerprint density at radius 1 is 1.13 bits per heavy atom. The summed E-state index contributed by atoms with van der Waals surface area (Å²) in [5.74, 6) is -0.280. The van der Waals surface area contributed by atoms with Crippen LogP contribution in [0.3, 0.4) is 0 Å². The topological polar surface area (TPSA) is 61.9 Å². The molecule has 3 amide bonds. The summed E-state index contributed by atoms with van der Waals surface area (Å²) in [5, 5.41) is 3.21. The summed E-state index contributed by atoms with van der Waals surface area (Å²) in [6.07, 6.45) is -4.42. The van der Waals surface area contributed by atoms with Crippen LogP contribution in [0.2, 0.25) is 5.02 Å². The highest BCUT2D eigenvalue weighted by Crippen LogP contribution is 2.29. The molecule has 0 aliphatic carbocycles. The highest BCUT2D eigenvalue weighted by atomic mass is 35.5. The zero-order chi connectivity index (χ0) is 22.6. The number of amides is 3. The first-order chi connectivity index (χ1) is 14.6. The van der Waals surface area contributed by atoms with Gasteiger partial charge in [0.1, 0.15) is 12.8 Å². The zero-order valence-electron chi connectivity index (χ0n) is 16.7. The molecule has 1 heterocycles. The summed E-state index contributed by atoms with van der Waals surface area (Å²) >= 11 is 5.87. The lowest BCUT2D eigenvalue weighted by atomic mass is 10.1. The monoisotopic (exact) mass is 455 g/mol. The number of ether oxygens (including phenoxy) is 1. The largest absolute Gasteiger partial charge is 0.416 e. The molecule has 1 aliphatic rings. The second-order valence-corrected chi connectivity index (χ2v) is 7.60. The number of alkyl halides is 3. The van der Waals surface area contributed by atoms with Gasteiger partial charge in [-0.1, -0.05) is 35.9 Å². The second-order valence-electron chi connectivity index (χ2n) is 7.16. The number of nitrogens with one attached hydrogen (secondary N) is 1. The van der Waals surface area contributed by atoms with Crippen LogP contribution in [0.5, 0.6) is 0 Å². The van der Waals surface area contributed by atoms with Gasteiger partial charge >= 0.3 is 12.2 Å². The van der Waals surface area contributed by atoms with Crippen molar-refractivity contribution in [2.75, 3.05) is 20.4 Å². The predicted octanol–water partition coefficient (Wildman–Crippen LogP) is 3.89. The first kappa shape index (κ1) is 22.9. The van der Waals surface area contributed by atoms with Crippen molar-refractivity contribution in [3.05, 3.63) is 70.2 Å². The van der Waals surface area contributed by atoms with Gasteiger partial charge in [0.2, 0.25) is 5.91 Å². The standard InChI is InChI=1S/C21H21ClF3N3O3/c1-27(11-15-4-8-17(22)9-5-15)19(29)18-12-31-13-28(18)20(30)26-10-14-2-6-16(7-3-14)21(23,24)25/h2-9,18H,10-13H2,1H3,(H,26,30)/t18-/m1/s1. The lowest BCUT2D eigenvalue weighted by molar-refractivity contribution is -0.137. The molecule has 1 atom stereocenters. The molecule has 10 heteroatoms. The molecule has 0 radical (unpaired) electrons. The molecule has 1 saturated heterocycles. The van der Waals surface area contributed by atoms with Gasteiger partial charge in [0.05, 0.1) is 12.2 Å². The summed E-state index contributed by atoms with van der Waals surface area (Å²) in [4.78, 5) is 28.1. The fourth-order valence-electron chi connectivity index (χ4n) is 3.13. The van der Waals surface area contributed by atoms with Crippen LogP contribution in [0.25, 0.3) is 0 Å². The first-order valence-electron chi connectivity index (χ1n) is 9.43. The third-order valence-corrected chi connectivity index (χ3v) is 5.11. The van der Waals surface area contributed by atoms with Crippen molar-refractivity contribution >= 4 is 23.5 Å². The third kappa shape index (κ3) is 5.89. The number of halogens is 4. The Labute approximate surface area is 182 Å². The van der Waals surface area contributed by atoms with E-state index in [4.69, 9.17) is 16.3 Å². The maximum atomic E-state index is 12.8. The first-order valence-corrected chi connectivity index (χ1v) is 9.80. The molecule has 6 nitrogen and oxygen atoms in total. The fourth-order valence-corrected chi connectivity index (χ4v) is 3.26. The smallest absolute Gasteiger partial charge is 0.358 e. The molecular weight excluding hydrogens is 435 g/mol. The fraction of sp³-hybridized carbons (Fsp3) is 0.333. The van der Waals surface area contributed by atoms with E-state index in [1.807, 2.05) is 12.1 Å². The van der Waals surface area contributed by atoms with Gasteiger partial charge in [0, 0.05) is 25.2 Å². The molecule has 3 rings (SSSR count). The van der Waals surface area contributed by atoms with Crippen molar-refractivity contribution in [1.82, 2.24) is 15.1 Å². The van der Waals surface area contributed by atoms with Crippen LogP contribution in [0.15, 0.2) is 48.5 Å². The van der Waals surface area contributed by atoms with E-state index >= 15 is 0 Å². The molecule has 0 unspecified atom stereocenters. The van der Waals surface area contributed by atoms with E-state index in [2.05, 4.69) is 5.32 Å². The number of hydrogen-bond donors (Lipinski definition) is 1. The van der Waals surface area contributed by atoms with Gasteiger partial charge in [-0.2, -0.15) is 13.2 Å². The Kier molecular flexibility index (Phi) is 7.07.